The van der Waals surface area contributed by atoms with E-state index in [4.69, 9.17) is 25.6 Å². The van der Waals surface area contributed by atoms with Gasteiger partial charge in [0.05, 0.1) is 19.2 Å². The average Bonchev–Trinajstić information content (AvgIpc) is 3.12. The molecule has 0 saturated heterocycles. The monoisotopic (exact) mass is 382 g/mol. The van der Waals surface area contributed by atoms with Crippen LogP contribution in [0.25, 0.3) is 11.4 Å². The van der Waals surface area contributed by atoms with Crippen molar-refractivity contribution in [3.05, 3.63) is 23.0 Å². The van der Waals surface area contributed by atoms with Crippen molar-refractivity contribution >= 4 is 17.5 Å². The van der Waals surface area contributed by atoms with Gasteiger partial charge in [0, 0.05) is 31.0 Å². The van der Waals surface area contributed by atoms with Crippen molar-refractivity contribution in [2.75, 3.05) is 27.8 Å². The Labute approximate surface area is 157 Å². The van der Waals surface area contributed by atoms with Crippen LogP contribution in [-0.2, 0) is 11.2 Å². The first-order valence-corrected chi connectivity index (χ1v) is 8.54. The number of amides is 1. The summed E-state index contributed by atoms with van der Waals surface area (Å²) in [5.74, 6) is 1.59. The minimum absolute atomic E-state index is 0.0685. The van der Waals surface area contributed by atoms with Crippen LogP contribution < -0.4 is 20.1 Å². The van der Waals surface area contributed by atoms with Gasteiger partial charge >= 0.3 is 0 Å². The number of aromatic nitrogens is 2. The lowest BCUT2D eigenvalue weighted by Gasteiger charge is -2.10. The summed E-state index contributed by atoms with van der Waals surface area (Å²) in [5.41, 5.74) is 0.634. The molecular weight excluding hydrogens is 360 g/mol. The van der Waals surface area contributed by atoms with Crippen LogP contribution >= 0.6 is 11.6 Å². The molecule has 1 unspecified atom stereocenters. The maximum atomic E-state index is 11.8. The first-order valence-electron chi connectivity index (χ1n) is 8.17. The summed E-state index contributed by atoms with van der Waals surface area (Å²) in [6.45, 7) is 2.55. The SMILES string of the molecule is CNC(C)CNC(=O)CCc1nc(-c2cc(Cl)c(OC)c(OC)c2)no1. The third-order valence-electron chi connectivity index (χ3n) is 3.82. The molecule has 0 fully saturated rings. The first-order chi connectivity index (χ1) is 12.5. The number of likely N-dealkylation sites (N-methyl/N-ethyl adjacent to an activating group) is 1. The van der Waals surface area contributed by atoms with Gasteiger partial charge in [-0.15, -0.1) is 0 Å². The van der Waals surface area contributed by atoms with E-state index < -0.39 is 0 Å². The lowest BCUT2D eigenvalue weighted by Crippen LogP contribution is -2.37. The smallest absolute Gasteiger partial charge is 0.227 e. The lowest BCUT2D eigenvalue weighted by molar-refractivity contribution is -0.121. The zero-order chi connectivity index (χ0) is 19.1. The number of methoxy groups -OCH3 is 2. The fraction of sp³-hybridized carbons (Fsp3) is 0.471. The predicted molar refractivity (Wildman–Crippen MR) is 97.7 cm³/mol. The normalized spacial score (nSPS) is 11.9. The highest BCUT2D eigenvalue weighted by Crippen LogP contribution is 2.38. The van der Waals surface area contributed by atoms with E-state index in [0.29, 0.717) is 46.8 Å². The molecule has 0 aliphatic heterocycles. The largest absolute Gasteiger partial charge is 0.493 e. The van der Waals surface area contributed by atoms with Gasteiger partial charge in [0.2, 0.25) is 17.6 Å². The molecule has 2 N–H and O–H groups in total. The van der Waals surface area contributed by atoms with Gasteiger partial charge in [-0.2, -0.15) is 4.98 Å². The number of hydrogen-bond acceptors (Lipinski definition) is 7. The van der Waals surface area contributed by atoms with Crippen LogP contribution in [0.15, 0.2) is 16.7 Å². The summed E-state index contributed by atoms with van der Waals surface area (Å²) in [5, 5.41) is 10.2. The van der Waals surface area contributed by atoms with E-state index >= 15 is 0 Å². The number of benzene rings is 1. The Balaban J connectivity index is 2.01. The molecule has 0 radical (unpaired) electrons. The Morgan fingerprint density at radius 2 is 2.12 bits per heavy atom. The molecule has 2 aromatic rings. The first kappa shape index (κ1) is 20.0. The molecule has 8 nitrogen and oxygen atoms in total. The molecular formula is C17H23ClN4O4. The highest BCUT2D eigenvalue weighted by molar-refractivity contribution is 6.32. The fourth-order valence-electron chi connectivity index (χ4n) is 2.20. The van der Waals surface area contributed by atoms with Crippen LogP contribution in [-0.4, -0.2) is 49.9 Å². The van der Waals surface area contributed by atoms with Crippen molar-refractivity contribution in [2.45, 2.75) is 25.8 Å². The molecule has 26 heavy (non-hydrogen) atoms. The quantitative estimate of drug-likeness (QED) is 0.684. The van der Waals surface area contributed by atoms with Gasteiger partial charge < -0.3 is 24.6 Å². The number of nitrogens with zero attached hydrogens (tertiary/aromatic N) is 2. The summed E-state index contributed by atoms with van der Waals surface area (Å²) >= 11 is 6.20. The second-order valence-corrected chi connectivity index (χ2v) is 6.11. The molecule has 1 aromatic carbocycles. The minimum Gasteiger partial charge on any atom is -0.493 e. The Hall–Kier alpha value is -2.32. The van der Waals surface area contributed by atoms with Crippen molar-refractivity contribution in [3.8, 4) is 22.9 Å². The number of carbonyl (C=O) groups is 1. The molecule has 0 bridgehead atoms. The van der Waals surface area contributed by atoms with Crippen LogP contribution in [0.5, 0.6) is 11.5 Å². The van der Waals surface area contributed by atoms with Gasteiger partial charge in [-0.25, -0.2) is 0 Å². The highest BCUT2D eigenvalue weighted by atomic mass is 35.5. The molecule has 2 rings (SSSR count). The number of nitrogens with one attached hydrogen (secondary N) is 2. The van der Waals surface area contributed by atoms with Gasteiger partial charge in [-0.1, -0.05) is 16.8 Å². The van der Waals surface area contributed by atoms with E-state index in [1.165, 1.54) is 14.2 Å². The van der Waals surface area contributed by atoms with E-state index in [0.717, 1.165) is 0 Å². The third kappa shape index (κ3) is 5.09. The summed E-state index contributed by atoms with van der Waals surface area (Å²) in [7, 11) is 4.88. The Morgan fingerprint density at radius 1 is 1.35 bits per heavy atom. The number of carbonyl (C=O) groups excluding carboxylic acids is 1. The number of aryl methyl sites for hydroxylation is 1. The summed E-state index contributed by atoms with van der Waals surface area (Å²) < 4.78 is 15.7. The molecule has 0 saturated carbocycles. The van der Waals surface area contributed by atoms with E-state index in [1.807, 2.05) is 14.0 Å². The van der Waals surface area contributed by atoms with Crippen LogP contribution in [0.3, 0.4) is 0 Å². The maximum Gasteiger partial charge on any atom is 0.227 e. The van der Waals surface area contributed by atoms with E-state index in [1.54, 1.807) is 12.1 Å². The topological polar surface area (TPSA) is 98.5 Å². The molecule has 0 aliphatic carbocycles. The van der Waals surface area contributed by atoms with Crippen molar-refractivity contribution in [1.82, 2.24) is 20.8 Å². The number of hydrogen-bond donors (Lipinski definition) is 2. The Bertz CT molecular complexity index is 750. The average molecular weight is 383 g/mol. The van der Waals surface area contributed by atoms with Crippen molar-refractivity contribution in [3.63, 3.8) is 0 Å². The summed E-state index contributed by atoms with van der Waals surface area (Å²) in [6, 6.07) is 3.60. The van der Waals surface area contributed by atoms with Crippen molar-refractivity contribution in [1.29, 1.82) is 0 Å². The molecule has 1 aromatic heterocycles. The van der Waals surface area contributed by atoms with E-state index in [9.17, 15) is 4.79 Å². The second-order valence-electron chi connectivity index (χ2n) is 5.70. The zero-order valence-corrected chi connectivity index (χ0v) is 16.0. The van der Waals surface area contributed by atoms with E-state index in [2.05, 4.69) is 20.8 Å². The van der Waals surface area contributed by atoms with Gasteiger partial charge in [-0.05, 0) is 26.1 Å². The molecule has 0 spiro atoms. The zero-order valence-electron chi connectivity index (χ0n) is 15.3. The van der Waals surface area contributed by atoms with E-state index in [-0.39, 0.29) is 18.4 Å². The maximum absolute atomic E-state index is 11.8. The Morgan fingerprint density at radius 3 is 2.77 bits per heavy atom. The van der Waals surface area contributed by atoms with Crippen molar-refractivity contribution < 1.29 is 18.8 Å². The molecule has 1 amide bonds. The minimum atomic E-state index is -0.0685. The second kappa shape index (κ2) is 9.40. The summed E-state index contributed by atoms with van der Waals surface area (Å²) in [6.07, 6.45) is 0.624. The van der Waals surface area contributed by atoms with Gasteiger partial charge in [0.15, 0.2) is 11.5 Å². The Kier molecular flexibility index (Phi) is 7.23. The molecule has 1 heterocycles. The third-order valence-corrected chi connectivity index (χ3v) is 4.10. The molecule has 1 atom stereocenters. The van der Waals surface area contributed by atoms with Crippen LogP contribution in [0.2, 0.25) is 5.02 Å². The molecule has 0 aliphatic rings. The van der Waals surface area contributed by atoms with Crippen LogP contribution in [0, 0.1) is 0 Å². The summed E-state index contributed by atoms with van der Waals surface area (Å²) in [4.78, 5) is 16.1. The fourth-order valence-corrected chi connectivity index (χ4v) is 2.49. The van der Waals surface area contributed by atoms with Gasteiger partial charge in [0.25, 0.3) is 0 Å². The molecule has 142 valence electrons. The van der Waals surface area contributed by atoms with Crippen molar-refractivity contribution in [2.24, 2.45) is 0 Å². The highest BCUT2D eigenvalue weighted by Gasteiger charge is 2.16. The number of ether oxygens (including phenoxy) is 2. The van der Waals surface area contributed by atoms with Gasteiger partial charge in [-0.3, -0.25) is 4.79 Å². The number of halogens is 1. The van der Waals surface area contributed by atoms with Crippen LogP contribution in [0.4, 0.5) is 0 Å². The molecule has 9 heteroatoms. The predicted octanol–water partition coefficient (Wildman–Crippen LogP) is 2.06. The van der Waals surface area contributed by atoms with Crippen LogP contribution in [0.1, 0.15) is 19.2 Å². The van der Waals surface area contributed by atoms with Gasteiger partial charge in [0.1, 0.15) is 0 Å². The lowest BCUT2D eigenvalue weighted by atomic mass is 10.2. The standard InChI is InChI=1S/C17H23ClN4O4/c1-10(19-2)9-20-14(23)5-6-15-21-17(22-26-15)11-7-12(18)16(25-4)13(8-11)24-3/h7-8,10,19H,5-6,9H2,1-4H3,(H,20,23). The number of rotatable bonds is 9.